The first kappa shape index (κ1) is 24.0. The Kier molecular flexibility index (Phi) is 6.73. The molecule has 3 rings (SSSR count). The topological polar surface area (TPSA) is 176 Å². The van der Waals surface area contributed by atoms with E-state index in [1.165, 1.54) is 28.7 Å². The number of aliphatic hydroxyl groups excluding tert-OH is 2. The van der Waals surface area contributed by atoms with Gasteiger partial charge in [0.25, 0.3) is 0 Å². The monoisotopic (exact) mass is 459 g/mol. The molecule has 174 valence electrons. The van der Waals surface area contributed by atoms with E-state index in [-0.39, 0.29) is 18.3 Å². The molecule has 0 saturated carbocycles. The van der Waals surface area contributed by atoms with Gasteiger partial charge in [-0.15, -0.1) is 0 Å². The molecule has 0 amide bonds. The Bertz CT molecular complexity index is 1040. The molecule has 7 atom stereocenters. The number of nitrogens with one attached hydrogen (secondary N) is 1. The standard InChI is InChI=1S/C18H30N5O7P/c1-5-10(30-31(27,28)18(3,26)6-2)7-11-13(24)14(25)17(29-11)23-9-20-12-15(19)22(4)8-21-16(12)23/h8-11,13-14,17,19,24-26H,5-7H2,1-4H3,(H,27,28)/t10?,11?,13-,14-,17-,18?/m1/s1. The van der Waals surface area contributed by atoms with Crippen LogP contribution >= 0.6 is 7.60 Å². The lowest BCUT2D eigenvalue weighted by Gasteiger charge is -2.31. The third kappa shape index (κ3) is 4.34. The Hall–Kier alpha value is -1.66. The van der Waals surface area contributed by atoms with E-state index < -0.39 is 43.6 Å². The van der Waals surface area contributed by atoms with Gasteiger partial charge < -0.3 is 34.0 Å². The summed E-state index contributed by atoms with van der Waals surface area (Å²) in [5, 5.41) is 37.5. The normalized spacial score (nSPS) is 29.0. The Balaban J connectivity index is 1.80. The van der Waals surface area contributed by atoms with Crippen LogP contribution in [0.15, 0.2) is 12.7 Å². The molecule has 13 heteroatoms. The van der Waals surface area contributed by atoms with Crippen LogP contribution < -0.4 is 5.49 Å². The lowest BCUT2D eigenvalue weighted by molar-refractivity contribution is -0.0490. The molecule has 1 aliphatic heterocycles. The van der Waals surface area contributed by atoms with Crippen molar-refractivity contribution in [1.82, 2.24) is 19.1 Å². The lowest BCUT2D eigenvalue weighted by Crippen LogP contribution is -2.34. The third-order valence-corrected chi connectivity index (χ3v) is 7.95. The minimum absolute atomic E-state index is 0.0221. The predicted octanol–water partition coefficient (Wildman–Crippen LogP) is 0.358. The van der Waals surface area contributed by atoms with Gasteiger partial charge in [0.05, 0.1) is 24.9 Å². The largest absolute Gasteiger partial charge is 0.388 e. The number of hydrogen-bond acceptors (Lipinski definition) is 9. The van der Waals surface area contributed by atoms with Gasteiger partial charge in [0.2, 0.25) is 0 Å². The Morgan fingerprint density at radius 3 is 2.61 bits per heavy atom. The highest BCUT2D eigenvalue weighted by molar-refractivity contribution is 7.54. The molecule has 4 unspecified atom stereocenters. The number of imidazole rings is 1. The molecule has 0 aromatic carbocycles. The zero-order valence-electron chi connectivity index (χ0n) is 17.9. The molecule has 0 radical (unpaired) electrons. The van der Waals surface area contributed by atoms with Gasteiger partial charge >= 0.3 is 7.60 Å². The van der Waals surface area contributed by atoms with E-state index in [0.29, 0.717) is 17.6 Å². The van der Waals surface area contributed by atoms with E-state index >= 15 is 0 Å². The van der Waals surface area contributed by atoms with Crippen LogP contribution in [0, 0.1) is 5.41 Å². The highest BCUT2D eigenvalue weighted by Gasteiger charge is 2.47. The number of aliphatic hydroxyl groups is 3. The first-order chi connectivity index (χ1) is 14.4. The summed E-state index contributed by atoms with van der Waals surface area (Å²) in [6.07, 6.45) is -2.12. The molecular formula is C18H30N5O7P. The number of fused-ring (bicyclic) bond motifs is 1. The predicted molar refractivity (Wildman–Crippen MR) is 109 cm³/mol. The maximum absolute atomic E-state index is 12.5. The van der Waals surface area contributed by atoms with Crippen LogP contribution in [0.4, 0.5) is 0 Å². The van der Waals surface area contributed by atoms with Crippen LogP contribution in [-0.2, 0) is 20.9 Å². The Labute approximate surface area is 179 Å². The van der Waals surface area contributed by atoms with Gasteiger partial charge in [-0.1, -0.05) is 13.8 Å². The zero-order chi connectivity index (χ0) is 23.1. The Morgan fingerprint density at radius 1 is 1.32 bits per heavy atom. The number of hydrogen-bond donors (Lipinski definition) is 5. The molecule has 2 aromatic heterocycles. The molecule has 0 spiro atoms. The van der Waals surface area contributed by atoms with Crippen LogP contribution in [0.3, 0.4) is 0 Å². The summed E-state index contributed by atoms with van der Waals surface area (Å²) in [6.45, 7) is 4.55. The fourth-order valence-electron chi connectivity index (χ4n) is 3.41. The molecule has 12 nitrogen and oxygen atoms in total. The number of aryl methyl sites for hydroxylation is 1. The quantitative estimate of drug-likeness (QED) is 0.349. The van der Waals surface area contributed by atoms with E-state index in [0.717, 1.165) is 0 Å². The fraction of sp³-hybridized carbons (Fsp3) is 0.722. The molecule has 0 bridgehead atoms. The summed E-state index contributed by atoms with van der Waals surface area (Å²) >= 11 is 0. The molecule has 5 N–H and O–H groups in total. The van der Waals surface area contributed by atoms with Crippen LogP contribution in [0.2, 0.25) is 0 Å². The van der Waals surface area contributed by atoms with E-state index in [1.807, 2.05) is 0 Å². The van der Waals surface area contributed by atoms with Crippen molar-refractivity contribution in [2.75, 3.05) is 0 Å². The van der Waals surface area contributed by atoms with Gasteiger partial charge in [0.1, 0.15) is 17.7 Å². The van der Waals surface area contributed by atoms with Crippen molar-refractivity contribution in [2.45, 2.75) is 76.0 Å². The van der Waals surface area contributed by atoms with Gasteiger partial charge in [-0.05, 0) is 19.8 Å². The minimum Gasteiger partial charge on any atom is -0.388 e. The lowest BCUT2D eigenvalue weighted by atomic mass is 10.0. The van der Waals surface area contributed by atoms with Gasteiger partial charge in [-0.2, -0.15) is 0 Å². The van der Waals surface area contributed by atoms with Crippen molar-refractivity contribution in [3.05, 3.63) is 18.1 Å². The maximum Gasteiger partial charge on any atom is 0.359 e. The highest BCUT2D eigenvalue weighted by atomic mass is 31.2. The van der Waals surface area contributed by atoms with Crippen molar-refractivity contribution in [2.24, 2.45) is 7.05 Å². The molecule has 1 saturated heterocycles. The molecular weight excluding hydrogens is 429 g/mol. The van der Waals surface area contributed by atoms with Crippen molar-refractivity contribution in [3.63, 3.8) is 0 Å². The number of ether oxygens (including phenoxy) is 1. The number of aromatic nitrogens is 4. The zero-order valence-corrected chi connectivity index (χ0v) is 18.8. The van der Waals surface area contributed by atoms with Crippen molar-refractivity contribution < 1.29 is 34.0 Å². The molecule has 2 aromatic rings. The molecule has 1 fully saturated rings. The van der Waals surface area contributed by atoms with Crippen molar-refractivity contribution in [3.8, 4) is 0 Å². The van der Waals surface area contributed by atoms with Gasteiger partial charge in [0.15, 0.2) is 22.7 Å². The fourth-order valence-corrected chi connectivity index (χ4v) is 4.68. The van der Waals surface area contributed by atoms with Crippen LogP contribution in [0.5, 0.6) is 0 Å². The Morgan fingerprint density at radius 2 is 2.00 bits per heavy atom. The molecule has 3 heterocycles. The second kappa shape index (κ2) is 8.70. The summed E-state index contributed by atoms with van der Waals surface area (Å²) in [5.41, 5.74) is 0.771. The molecule has 31 heavy (non-hydrogen) atoms. The van der Waals surface area contributed by atoms with Crippen molar-refractivity contribution >= 4 is 18.8 Å². The second-order valence-corrected chi connectivity index (χ2v) is 10.3. The minimum atomic E-state index is -4.36. The van der Waals surface area contributed by atoms with Crippen LogP contribution in [0.1, 0.15) is 46.3 Å². The average molecular weight is 459 g/mol. The van der Waals surface area contributed by atoms with Crippen molar-refractivity contribution in [1.29, 1.82) is 5.41 Å². The van der Waals surface area contributed by atoms with E-state index in [9.17, 15) is 24.8 Å². The first-order valence-corrected chi connectivity index (χ1v) is 11.7. The molecule has 1 aliphatic rings. The van der Waals surface area contributed by atoms with Crippen LogP contribution in [0.25, 0.3) is 11.2 Å². The summed E-state index contributed by atoms with van der Waals surface area (Å²) in [7, 11) is -2.70. The highest BCUT2D eigenvalue weighted by Crippen LogP contribution is 2.57. The summed E-state index contributed by atoms with van der Waals surface area (Å²) < 4.78 is 26.7. The number of nitrogens with zero attached hydrogens (tertiary/aromatic N) is 4. The second-order valence-electron chi connectivity index (χ2n) is 8.04. The molecule has 0 aliphatic carbocycles. The summed E-state index contributed by atoms with van der Waals surface area (Å²) in [5.74, 6) is 0. The summed E-state index contributed by atoms with van der Waals surface area (Å²) in [4.78, 5) is 18.6. The van der Waals surface area contributed by atoms with Gasteiger partial charge in [-0.3, -0.25) is 14.5 Å². The van der Waals surface area contributed by atoms with E-state index in [4.69, 9.17) is 14.7 Å². The maximum atomic E-state index is 12.5. The van der Waals surface area contributed by atoms with Crippen LogP contribution in [-0.4, -0.2) is 69.1 Å². The SMILES string of the molecule is CCC(CC1O[C@@H](n2cnc3c(=N)n(C)cnc32)[C@H](O)[C@@H]1O)OP(=O)(O)C(C)(O)CC. The van der Waals surface area contributed by atoms with E-state index in [1.54, 1.807) is 20.9 Å². The average Bonchev–Trinajstić information content (AvgIpc) is 3.26. The van der Waals surface area contributed by atoms with Gasteiger partial charge in [0, 0.05) is 13.5 Å². The van der Waals surface area contributed by atoms with Gasteiger partial charge in [-0.25, -0.2) is 9.97 Å². The first-order valence-electron chi connectivity index (χ1n) is 10.1. The smallest absolute Gasteiger partial charge is 0.359 e. The summed E-state index contributed by atoms with van der Waals surface area (Å²) in [6, 6.07) is 0. The number of rotatable bonds is 8. The third-order valence-electron chi connectivity index (χ3n) is 5.83. The van der Waals surface area contributed by atoms with E-state index in [2.05, 4.69) is 9.97 Å².